The summed E-state index contributed by atoms with van der Waals surface area (Å²) >= 11 is 0. The van der Waals surface area contributed by atoms with Crippen LogP contribution in [0, 0.1) is 24.4 Å². The molecule has 0 aliphatic rings. The summed E-state index contributed by atoms with van der Waals surface area (Å²) in [5.74, 6) is -4.14. The number of carbonyl (C=O) groups is 1. The minimum atomic E-state index is -1.53. The Morgan fingerprint density at radius 1 is 1.24 bits per heavy atom. The quantitative estimate of drug-likeness (QED) is 0.596. The smallest absolute Gasteiger partial charge is 0.194 e. The lowest BCUT2D eigenvalue weighted by molar-refractivity contribution is 0.112. The first kappa shape index (κ1) is 11.4. The molecule has 0 aliphatic heterocycles. The largest absolute Gasteiger partial charge is 0.298 e. The minimum Gasteiger partial charge on any atom is -0.298 e. The second kappa shape index (κ2) is 4.04. The monoisotopic (exact) mass is 240 g/mol. The molecular formula is C11H7F3N2O. The van der Waals surface area contributed by atoms with Gasteiger partial charge in [-0.15, -0.1) is 0 Å². The van der Waals surface area contributed by atoms with Crippen molar-refractivity contribution < 1.29 is 18.0 Å². The summed E-state index contributed by atoms with van der Waals surface area (Å²) in [6, 6.07) is 1.61. The zero-order valence-corrected chi connectivity index (χ0v) is 8.75. The van der Waals surface area contributed by atoms with Crippen LogP contribution in [-0.4, -0.2) is 16.1 Å². The molecule has 0 saturated heterocycles. The Morgan fingerprint density at radius 3 is 2.29 bits per heavy atom. The maximum Gasteiger partial charge on any atom is 0.194 e. The van der Waals surface area contributed by atoms with E-state index in [1.165, 1.54) is 6.20 Å². The summed E-state index contributed by atoms with van der Waals surface area (Å²) in [7, 11) is 0. The van der Waals surface area contributed by atoms with Crippen molar-refractivity contribution in [2.24, 2.45) is 0 Å². The van der Waals surface area contributed by atoms with Gasteiger partial charge in [0.25, 0.3) is 0 Å². The van der Waals surface area contributed by atoms with Gasteiger partial charge in [-0.1, -0.05) is 0 Å². The van der Waals surface area contributed by atoms with Crippen LogP contribution in [0.2, 0.25) is 0 Å². The molecular weight excluding hydrogens is 233 g/mol. The van der Waals surface area contributed by atoms with Crippen molar-refractivity contribution in [3.63, 3.8) is 0 Å². The zero-order chi connectivity index (χ0) is 12.6. The maximum atomic E-state index is 13.0. The Bertz CT molecular complexity index is 569. The first-order valence-electron chi connectivity index (χ1n) is 4.69. The molecule has 0 atom stereocenters. The highest BCUT2D eigenvalue weighted by Gasteiger charge is 2.13. The number of aromatic nitrogens is 2. The molecule has 2 rings (SSSR count). The van der Waals surface area contributed by atoms with Crippen molar-refractivity contribution in [1.29, 1.82) is 0 Å². The molecule has 0 spiro atoms. The van der Waals surface area contributed by atoms with Gasteiger partial charge in [0.1, 0.15) is 0 Å². The second-order valence-electron chi connectivity index (χ2n) is 3.46. The van der Waals surface area contributed by atoms with Gasteiger partial charge < -0.3 is 0 Å². The normalized spacial score (nSPS) is 10.6. The second-order valence-corrected chi connectivity index (χ2v) is 3.46. The molecule has 1 heterocycles. The highest BCUT2D eigenvalue weighted by Crippen LogP contribution is 2.17. The van der Waals surface area contributed by atoms with Crippen LogP contribution in [0.4, 0.5) is 13.2 Å². The predicted octanol–water partition coefficient (Wildman–Crippen LogP) is 2.41. The number of hydrogen-bond acceptors (Lipinski definition) is 2. The number of hydrogen-bond donors (Lipinski definition) is 0. The van der Waals surface area contributed by atoms with Gasteiger partial charge in [0.15, 0.2) is 23.7 Å². The van der Waals surface area contributed by atoms with Gasteiger partial charge >= 0.3 is 0 Å². The van der Waals surface area contributed by atoms with E-state index in [4.69, 9.17) is 0 Å². The first-order valence-corrected chi connectivity index (χ1v) is 4.69. The first-order chi connectivity index (χ1) is 8.02. The summed E-state index contributed by atoms with van der Waals surface area (Å²) in [6.45, 7) is 1.58. The van der Waals surface area contributed by atoms with E-state index >= 15 is 0 Å². The third kappa shape index (κ3) is 1.93. The molecule has 0 aliphatic carbocycles. The lowest BCUT2D eigenvalue weighted by Crippen LogP contribution is -1.99. The fourth-order valence-corrected chi connectivity index (χ4v) is 1.40. The van der Waals surface area contributed by atoms with E-state index in [0.29, 0.717) is 17.5 Å². The van der Waals surface area contributed by atoms with Crippen molar-refractivity contribution in [3.05, 3.63) is 47.0 Å². The highest BCUT2D eigenvalue weighted by atomic mass is 19.2. The number of benzene rings is 1. The molecule has 0 saturated carbocycles. The van der Waals surface area contributed by atoms with Crippen molar-refractivity contribution >= 4 is 6.29 Å². The fourth-order valence-electron chi connectivity index (χ4n) is 1.40. The molecule has 2 aromatic rings. The topological polar surface area (TPSA) is 34.9 Å². The highest BCUT2D eigenvalue weighted by molar-refractivity contribution is 5.76. The lowest BCUT2D eigenvalue weighted by atomic mass is 10.3. The molecule has 0 radical (unpaired) electrons. The molecule has 3 nitrogen and oxygen atoms in total. The standard InChI is InChI=1S/C11H7F3N2O/c1-6-7(5-17)4-16(15-6)8-2-9(12)11(14)10(13)3-8/h2-5H,1H3. The number of rotatable bonds is 2. The molecule has 0 bridgehead atoms. The zero-order valence-electron chi connectivity index (χ0n) is 8.75. The Morgan fingerprint density at radius 2 is 1.82 bits per heavy atom. The number of aryl methyl sites for hydroxylation is 1. The molecule has 1 aromatic carbocycles. The molecule has 1 aromatic heterocycles. The molecule has 6 heteroatoms. The molecule has 0 amide bonds. The van der Waals surface area contributed by atoms with Crippen LogP contribution in [0.5, 0.6) is 0 Å². The Hall–Kier alpha value is -2.11. The van der Waals surface area contributed by atoms with E-state index in [2.05, 4.69) is 5.10 Å². The van der Waals surface area contributed by atoms with Crippen LogP contribution < -0.4 is 0 Å². The van der Waals surface area contributed by atoms with Gasteiger partial charge in [0.2, 0.25) is 0 Å². The third-order valence-electron chi connectivity index (χ3n) is 2.30. The Kier molecular flexibility index (Phi) is 2.71. The van der Waals surface area contributed by atoms with Crippen LogP contribution in [0.25, 0.3) is 5.69 Å². The van der Waals surface area contributed by atoms with Crippen LogP contribution in [0.1, 0.15) is 16.1 Å². The van der Waals surface area contributed by atoms with Crippen molar-refractivity contribution in [2.75, 3.05) is 0 Å². The Labute approximate surface area is 94.5 Å². The fraction of sp³-hybridized carbons (Fsp3) is 0.0909. The van der Waals surface area contributed by atoms with Crippen LogP contribution >= 0.6 is 0 Å². The SMILES string of the molecule is Cc1nn(-c2cc(F)c(F)c(F)c2)cc1C=O. The number of nitrogens with zero attached hydrogens (tertiary/aromatic N) is 2. The minimum absolute atomic E-state index is 0.0117. The molecule has 0 unspecified atom stereocenters. The van der Waals surface area contributed by atoms with Crippen molar-refractivity contribution in [1.82, 2.24) is 9.78 Å². The average Bonchev–Trinajstić information content (AvgIpc) is 2.66. The van der Waals surface area contributed by atoms with Crippen LogP contribution in [0.15, 0.2) is 18.3 Å². The molecule has 17 heavy (non-hydrogen) atoms. The molecule has 88 valence electrons. The molecule has 0 N–H and O–H groups in total. The van der Waals surface area contributed by atoms with Crippen LogP contribution in [0.3, 0.4) is 0 Å². The third-order valence-corrected chi connectivity index (χ3v) is 2.30. The van der Waals surface area contributed by atoms with Crippen molar-refractivity contribution in [3.8, 4) is 5.69 Å². The van der Waals surface area contributed by atoms with Gasteiger partial charge in [-0.25, -0.2) is 17.9 Å². The van der Waals surface area contributed by atoms with Gasteiger partial charge in [-0.3, -0.25) is 4.79 Å². The average molecular weight is 240 g/mol. The number of aldehydes is 1. The van der Waals surface area contributed by atoms with Crippen molar-refractivity contribution in [2.45, 2.75) is 6.92 Å². The predicted molar refractivity (Wildman–Crippen MR) is 53.6 cm³/mol. The summed E-state index contributed by atoms with van der Waals surface area (Å²) < 4.78 is 39.8. The summed E-state index contributed by atoms with van der Waals surface area (Å²) in [5, 5.41) is 3.89. The summed E-state index contributed by atoms with van der Waals surface area (Å²) in [4.78, 5) is 10.6. The van der Waals surface area contributed by atoms with Gasteiger partial charge in [0, 0.05) is 18.3 Å². The number of halogens is 3. The van der Waals surface area contributed by atoms with E-state index in [1.54, 1.807) is 6.92 Å². The van der Waals surface area contributed by atoms with Gasteiger partial charge in [-0.05, 0) is 6.92 Å². The molecule has 0 fully saturated rings. The van der Waals surface area contributed by atoms with E-state index in [0.717, 1.165) is 16.8 Å². The Balaban J connectivity index is 2.56. The van der Waals surface area contributed by atoms with E-state index < -0.39 is 17.5 Å². The summed E-state index contributed by atoms with van der Waals surface area (Å²) in [5.41, 5.74) is 0.734. The van der Waals surface area contributed by atoms with E-state index in [1.807, 2.05) is 0 Å². The summed E-state index contributed by atoms with van der Waals surface area (Å²) in [6.07, 6.45) is 1.89. The van der Waals surface area contributed by atoms with Crippen LogP contribution in [-0.2, 0) is 0 Å². The van der Waals surface area contributed by atoms with Gasteiger partial charge in [0.05, 0.1) is 16.9 Å². The lowest BCUT2D eigenvalue weighted by Gasteiger charge is -2.02. The maximum absolute atomic E-state index is 13.0. The van der Waals surface area contributed by atoms with E-state index in [9.17, 15) is 18.0 Å². The van der Waals surface area contributed by atoms with Gasteiger partial charge in [-0.2, -0.15) is 5.10 Å². The van der Waals surface area contributed by atoms with E-state index in [-0.39, 0.29) is 5.69 Å². The number of carbonyl (C=O) groups excluding carboxylic acids is 1.